The Morgan fingerprint density at radius 1 is 0.950 bits per heavy atom. The zero-order valence-electron chi connectivity index (χ0n) is 21.7. The number of benzene rings is 3. The van der Waals surface area contributed by atoms with Gasteiger partial charge in [-0.1, -0.05) is 18.2 Å². The lowest BCUT2D eigenvalue weighted by atomic mass is 10.0. The van der Waals surface area contributed by atoms with Crippen molar-refractivity contribution in [3.8, 4) is 22.6 Å². The first-order valence-electron chi connectivity index (χ1n) is 11.7. The Bertz CT molecular complexity index is 1400. The van der Waals surface area contributed by atoms with Gasteiger partial charge in [0.25, 0.3) is 0 Å². The van der Waals surface area contributed by atoms with Crippen molar-refractivity contribution in [3.63, 3.8) is 0 Å². The van der Waals surface area contributed by atoms with E-state index in [4.69, 9.17) is 14.2 Å². The van der Waals surface area contributed by atoms with Crippen molar-refractivity contribution in [1.82, 2.24) is 5.32 Å². The maximum absolute atomic E-state index is 14.4. The van der Waals surface area contributed by atoms with Crippen LogP contribution in [0, 0.1) is 11.6 Å². The van der Waals surface area contributed by atoms with E-state index in [0.717, 1.165) is 13.2 Å². The Balaban J connectivity index is 1.84. The monoisotopic (exact) mass is 573 g/mol. The summed E-state index contributed by atoms with van der Waals surface area (Å²) in [6, 6.07) is 12.6. The smallest absolute Gasteiger partial charge is 0.372 e. The van der Waals surface area contributed by atoms with Crippen LogP contribution in [-0.2, 0) is 25.7 Å². The minimum absolute atomic E-state index is 0.00841. The number of ether oxygens (including phenoxy) is 4. The van der Waals surface area contributed by atoms with E-state index >= 15 is 0 Å². The molecule has 0 heterocycles. The first-order valence-corrected chi connectivity index (χ1v) is 12.7. The fourth-order valence-corrected chi connectivity index (χ4v) is 4.12. The van der Waals surface area contributed by atoms with E-state index < -0.39 is 40.8 Å². The Morgan fingerprint density at radius 3 is 2.30 bits per heavy atom. The standard InChI is InChI=1S/C28H25F2NO8S/c1-16(32)31-24(27(34)37-3)15-40-28(35)39-25-11-6-18(21-10-7-19(29)13-23(21)30)12-22(25)26(33)38-14-17-4-8-20(36-2)9-5-17/h4-13,24H,14-15H2,1-3H3,(H,31,32)/t24-/m1/s1. The summed E-state index contributed by atoms with van der Waals surface area (Å²) >= 11 is 0.561. The van der Waals surface area contributed by atoms with E-state index in [-0.39, 0.29) is 34.8 Å². The number of carbonyl (C=O) groups excluding carboxylic acids is 4. The van der Waals surface area contributed by atoms with Crippen LogP contribution in [0.4, 0.5) is 13.6 Å². The lowest BCUT2D eigenvalue weighted by molar-refractivity contribution is -0.144. The largest absolute Gasteiger partial charge is 0.497 e. The molecule has 9 nitrogen and oxygen atoms in total. The Kier molecular flexibility index (Phi) is 10.6. The highest BCUT2D eigenvalue weighted by Crippen LogP contribution is 2.31. The summed E-state index contributed by atoms with van der Waals surface area (Å²) < 4.78 is 48.3. The van der Waals surface area contributed by atoms with Crippen molar-refractivity contribution < 1.29 is 46.9 Å². The van der Waals surface area contributed by atoms with E-state index in [1.165, 1.54) is 38.3 Å². The van der Waals surface area contributed by atoms with Crippen LogP contribution in [0.15, 0.2) is 60.7 Å². The van der Waals surface area contributed by atoms with Gasteiger partial charge in [-0.15, -0.1) is 0 Å². The number of thioether (sulfide) groups is 1. The molecule has 0 unspecified atom stereocenters. The van der Waals surface area contributed by atoms with Gasteiger partial charge in [-0.2, -0.15) is 0 Å². The summed E-state index contributed by atoms with van der Waals surface area (Å²) in [7, 11) is 2.65. The third-order valence-electron chi connectivity index (χ3n) is 5.39. The quantitative estimate of drug-likeness (QED) is 0.338. The molecule has 0 aliphatic heterocycles. The second kappa shape index (κ2) is 14.1. The summed E-state index contributed by atoms with van der Waals surface area (Å²) in [5, 5.41) is 1.47. The van der Waals surface area contributed by atoms with Gasteiger partial charge in [0, 0.05) is 24.3 Å². The second-order valence-corrected chi connectivity index (χ2v) is 9.15. The fraction of sp³-hybridized carbons (Fsp3) is 0.214. The maximum Gasteiger partial charge on any atom is 0.372 e. The molecular weight excluding hydrogens is 548 g/mol. The highest BCUT2D eigenvalue weighted by atomic mass is 32.2. The number of methoxy groups -OCH3 is 2. The number of nitrogens with one attached hydrogen (secondary N) is 1. The average molecular weight is 574 g/mol. The molecule has 0 saturated heterocycles. The molecule has 1 amide bonds. The van der Waals surface area contributed by atoms with E-state index in [1.54, 1.807) is 24.3 Å². The molecule has 3 aromatic rings. The molecule has 12 heteroatoms. The summed E-state index contributed by atoms with van der Waals surface area (Å²) in [5.74, 6) is -3.56. The third kappa shape index (κ3) is 8.27. The summed E-state index contributed by atoms with van der Waals surface area (Å²) in [6.07, 6.45) is 0. The molecule has 0 aromatic heterocycles. The summed E-state index contributed by atoms with van der Waals surface area (Å²) in [4.78, 5) is 48.9. The molecule has 1 N–H and O–H groups in total. The van der Waals surface area contributed by atoms with Gasteiger partial charge in [-0.05, 0) is 59.3 Å². The first kappa shape index (κ1) is 30.1. The normalized spacial score (nSPS) is 11.2. The van der Waals surface area contributed by atoms with E-state index in [2.05, 4.69) is 10.1 Å². The van der Waals surface area contributed by atoms with Crippen molar-refractivity contribution in [2.45, 2.75) is 19.6 Å². The number of hydrogen-bond donors (Lipinski definition) is 1. The Morgan fingerprint density at radius 2 is 1.68 bits per heavy atom. The Labute approximate surface area is 232 Å². The number of carbonyl (C=O) groups is 4. The number of halogens is 2. The highest BCUT2D eigenvalue weighted by molar-refractivity contribution is 8.13. The van der Waals surface area contributed by atoms with Crippen LogP contribution in [0.2, 0.25) is 0 Å². The van der Waals surface area contributed by atoms with Crippen LogP contribution in [-0.4, -0.2) is 49.2 Å². The molecule has 40 heavy (non-hydrogen) atoms. The SMILES string of the molecule is COC(=O)[C@@H](CSC(=O)Oc1ccc(-c2ccc(F)cc2F)cc1C(=O)OCc1ccc(OC)cc1)NC(C)=O. The molecule has 0 saturated carbocycles. The second-order valence-electron chi connectivity index (χ2n) is 8.20. The minimum Gasteiger partial charge on any atom is -0.497 e. The zero-order chi connectivity index (χ0) is 29.2. The van der Waals surface area contributed by atoms with Crippen LogP contribution < -0.4 is 14.8 Å². The van der Waals surface area contributed by atoms with E-state index in [0.29, 0.717) is 29.1 Å². The lowest BCUT2D eigenvalue weighted by Gasteiger charge is -2.15. The molecule has 1 atom stereocenters. The van der Waals surface area contributed by atoms with E-state index in [9.17, 15) is 28.0 Å². The van der Waals surface area contributed by atoms with Crippen molar-refractivity contribution in [3.05, 3.63) is 83.4 Å². The lowest BCUT2D eigenvalue weighted by Crippen LogP contribution is -2.42. The molecule has 210 valence electrons. The molecule has 0 bridgehead atoms. The van der Waals surface area contributed by atoms with Crippen molar-refractivity contribution in [2.24, 2.45) is 0 Å². The van der Waals surface area contributed by atoms with Gasteiger partial charge < -0.3 is 24.3 Å². The highest BCUT2D eigenvalue weighted by Gasteiger charge is 2.24. The molecule has 0 radical (unpaired) electrons. The molecule has 0 fully saturated rings. The summed E-state index contributed by atoms with van der Waals surface area (Å²) in [6.45, 7) is 1.08. The molecule has 0 aliphatic rings. The summed E-state index contributed by atoms with van der Waals surface area (Å²) in [5.41, 5.74) is 0.665. The molecule has 0 aliphatic carbocycles. The van der Waals surface area contributed by atoms with E-state index in [1.807, 2.05) is 0 Å². The van der Waals surface area contributed by atoms with Crippen LogP contribution in [0.3, 0.4) is 0 Å². The maximum atomic E-state index is 14.4. The van der Waals surface area contributed by atoms with Crippen LogP contribution >= 0.6 is 11.8 Å². The van der Waals surface area contributed by atoms with Gasteiger partial charge in [-0.3, -0.25) is 4.79 Å². The molecular formula is C28H25F2NO8S. The van der Waals surface area contributed by atoms with Crippen molar-refractivity contribution >= 4 is 34.9 Å². The predicted octanol–water partition coefficient (Wildman–Crippen LogP) is 4.91. The first-order chi connectivity index (χ1) is 19.1. The topological polar surface area (TPSA) is 117 Å². The van der Waals surface area contributed by atoms with Gasteiger partial charge >= 0.3 is 17.2 Å². The van der Waals surface area contributed by atoms with Gasteiger partial charge in [0.15, 0.2) is 0 Å². The van der Waals surface area contributed by atoms with Gasteiger partial charge in [0.2, 0.25) is 5.91 Å². The third-order valence-corrected chi connectivity index (χ3v) is 6.21. The van der Waals surface area contributed by atoms with Crippen LogP contribution in [0.25, 0.3) is 11.1 Å². The van der Waals surface area contributed by atoms with Crippen molar-refractivity contribution in [1.29, 1.82) is 0 Å². The molecule has 3 rings (SSSR count). The average Bonchev–Trinajstić information content (AvgIpc) is 2.94. The number of hydrogen-bond acceptors (Lipinski definition) is 9. The predicted molar refractivity (Wildman–Crippen MR) is 142 cm³/mol. The fourth-order valence-electron chi connectivity index (χ4n) is 3.44. The van der Waals surface area contributed by atoms with Crippen molar-refractivity contribution in [2.75, 3.05) is 20.0 Å². The number of esters is 2. The van der Waals surface area contributed by atoms with Crippen LogP contribution in [0.5, 0.6) is 11.5 Å². The van der Waals surface area contributed by atoms with Crippen LogP contribution in [0.1, 0.15) is 22.8 Å². The molecule has 0 spiro atoms. The number of amides is 1. The zero-order valence-corrected chi connectivity index (χ0v) is 22.5. The van der Waals surface area contributed by atoms with Gasteiger partial charge in [-0.25, -0.2) is 23.2 Å². The Hall–Kier alpha value is -4.45. The van der Waals surface area contributed by atoms with Gasteiger partial charge in [0.05, 0.1) is 14.2 Å². The number of rotatable bonds is 10. The minimum atomic E-state index is -1.11. The molecule has 3 aromatic carbocycles. The van der Waals surface area contributed by atoms with Gasteiger partial charge in [0.1, 0.15) is 41.3 Å².